The highest BCUT2D eigenvalue weighted by atomic mass is 32.1. The number of hydrogen-bond donors (Lipinski definition) is 1. The van der Waals surface area contributed by atoms with Crippen molar-refractivity contribution in [1.29, 1.82) is 0 Å². The van der Waals surface area contributed by atoms with Crippen LogP contribution in [0, 0.1) is 5.92 Å². The summed E-state index contributed by atoms with van der Waals surface area (Å²) in [6.45, 7) is 10.2. The molecule has 1 N–H and O–H groups in total. The van der Waals surface area contributed by atoms with Crippen LogP contribution in [-0.4, -0.2) is 22.8 Å². The van der Waals surface area contributed by atoms with Crippen molar-refractivity contribution in [3.05, 3.63) is 5.01 Å². The average molecular weight is 285 g/mol. The van der Waals surface area contributed by atoms with Crippen molar-refractivity contribution in [3.8, 4) is 5.19 Å². The first-order valence-electron chi connectivity index (χ1n) is 7.34. The number of nitrogens with one attached hydrogen (secondary N) is 1. The fourth-order valence-corrected chi connectivity index (χ4v) is 2.39. The van der Waals surface area contributed by atoms with Crippen LogP contribution in [0.4, 0.5) is 0 Å². The summed E-state index contributed by atoms with van der Waals surface area (Å²) in [6.07, 6.45) is 4.94. The molecule has 0 bridgehead atoms. The molecule has 0 radical (unpaired) electrons. The molecule has 0 spiro atoms. The molecular formula is C14H27N3OS. The molecule has 0 saturated carbocycles. The molecule has 19 heavy (non-hydrogen) atoms. The van der Waals surface area contributed by atoms with Gasteiger partial charge >= 0.3 is 0 Å². The van der Waals surface area contributed by atoms with Gasteiger partial charge in [0.05, 0.1) is 13.2 Å². The van der Waals surface area contributed by atoms with Crippen molar-refractivity contribution in [2.45, 2.75) is 66.0 Å². The second-order valence-electron chi connectivity index (χ2n) is 5.22. The predicted octanol–water partition coefficient (Wildman–Crippen LogP) is 3.63. The Morgan fingerprint density at radius 2 is 2.05 bits per heavy atom. The predicted molar refractivity (Wildman–Crippen MR) is 80.7 cm³/mol. The fraction of sp³-hybridized carbons (Fsp3) is 0.857. The van der Waals surface area contributed by atoms with Gasteiger partial charge in [-0.25, -0.2) is 0 Å². The van der Waals surface area contributed by atoms with Crippen molar-refractivity contribution < 1.29 is 4.74 Å². The Balaban J connectivity index is 2.32. The van der Waals surface area contributed by atoms with E-state index in [4.69, 9.17) is 4.74 Å². The normalized spacial score (nSPS) is 12.9. The minimum Gasteiger partial charge on any atom is -0.469 e. The Labute approximate surface area is 121 Å². The second-order valence-corrected chi connectivity index (χ2v) is 6.25. The Hall–Kier alpha value is -0.680. The van der Waals surface area contributed by atoms with Crippen molar-refractivity contribution in [2.75, 3.05) is 6.61 Å². The molecule has 0 aliphatic heterocycles. The second kappa shape index (κ2) is 9.26. The van der Waals surface area contributed by atoms with Gasteiger partial charge in [-0.2, -0.15) is 0 Å². The van der Waals surface area contributed by atoms with Crippen LogP contribution in [-0.2, 0) is 6.54 Å². The number of rotatable bonds is 10. The van der Waals surface area contributed by atoms with Gasteiger partial charge in [-0.1, -0.05) is 58.3 Å². The first-order valence-corrected chi connectivity index (χ1v) is 8.15. The molecule has 0 aliphatic carbocycles. The van der Waals surface area contributed by atoms with E-state index in [2.05, 4.69) is 43.2 Å². The Bertz CT molecular complexity index is 341. The van der Waals surface area contributed by atoms with Crippen molar-refractivity contribution in [1.82, 2.24) is 15.5 Å². The van der Waals surface area contributed by atoms with Crippen LogP contribution < -0.4 is 10.1 Å². The first-order chi connectivity index (χ1) is 9.15. The molecule has 0 aromatic carbocycles. The molecule has 0 amide bonds. The number of aromatic nitrogens is 2. The molecule has 110 valence electrons. The molecule has 1 atom stereocenters. The van der Waals surface area contributed by atoms with E-state index in [0.29, 0.717) is 17.2 Å². The third-order valence-corrected chi connectivity index (χ3v) is 3.93. The zero-order valence-corrected chi connectivity index (χ0v) is 13.4. The van der Waals surface area contributed by atoms with Gasteiger partial charge in [0.15, 0.2) is 0 Å². The van der Waals surface area contributed by atoms with Gasteiger partial charge in [0.25, 0.3) is 5.19 Å². The van der Waals surface area contributed by atoms with Crippen LogP contribution in [0.2, 0.25) is 0 Å². The third-order valence-electron chi connectivity index (χ3n) is 3.10. The molecule has 0 aliphatic rings. The van der Waals surface area contributed by atoms with E-state index >= 15 is 0 Å². The van der Waals surface area contributed by atoms with Gasteiger partial charge in [0.1, 0.15) is 5.01 Å². The van der Waals surface area contributed by atoms with Gasteiger partial charge in [-0.05, 0) is 12.3 Å². The maximum atomic E-state index is 5.76. The molecule has 0 fully saturated rings. The van der Waals surface area contributed by atoms with Gasteiger partial charge in [-0.3, -0.25) is 0 Å². The molecule has 1 heterocycles. The maximum Gasteiger partial charge on any atom is 0.294 e. The first kappa shape index (κ1) is 16.4. The highest BCUT2D eigenvalue weighted by Crippen LogP contribution is 2.20. The summed E-state index contributed by atoms with van der Waals surface area (Å²) < 4.78 is 5.76. The maximum absolute atomic E-state index is 5.76. The summed E-state index contributed by atoms with van der Waals surface area (Å²) in [5, 5.41) is 13.2. The van der Waals surface area contributed by atoms with Crippen molar-refractivity contribution in [3.63, 3.8) is 0 Å². The van der Waals surface area contributed by atoms with Crippen LogP contribution in [0.1, 0.15) is 58.4 Å². The SMILES string of the molecule is CCCCC(CC)COc1nnc(CNC(C)C)s1. The van der Waals surface area contributed by atoms with Gasteiger partial charge in [-0.15, -0.1) is 10.2 Å². The van der Waals surface area contributed by atoms with Gasteiger partial charge in [0.2, 0.25) is 0 Å². The molecule has 0 saturated heterocycles. The summed E-state index contributed by atoms with van der Waals surface area (Å²) in [4.78, 5) is 0. The zero-order chi connectivity index (χ0) is 14.1. The smallest absolute Gasteiger partial charge is 0.294 e. The summed E-state index contributed by atoms with van der Waals surface area (Å²) in [6, 6.07) is 0.465. The summed E-state index contributed by atoms with van der Waals surface area (Å²) >= 11 is 1.54. The van der Waals surface area contributed by atoms with Gasteiger partial charge < -0.3 is 10.1 Å². The lowest BCUT2D eigenvalue weighted by molar-refractivity contribution is 0.231. The largest absolute Gasteiger partial charge is 0.469 e. The molecule has 4 nitrogen and oxygen atoms in total. The Morgan fingerprint density at radius 3 is 2.68 bits per heavy atom. The summed E-state index contributed by atoms with van der Waals surface area (Å²) in [5.41, 5.74) is 0. The van der Waals surface area contributed by atoms with Crippen LogP contribution in [0.25, 0.3) is 0 Å². The lowest BCUT2D eigenvalue weighted by Gasteiger charge is -2.13. The molecule has 1 rings (SSSR count). The molecule has 1 unspecified atom stereocenters. The lowest BCUT2D eigenvalue weighted by atomic mass is 10.0. The van der Waals surface area contributed by atoms with Crippen LogP contribution >= 0.6 is 11.3 Å². The van der Waals surface area contributed by atoms with E-state index in [-0.39, 0.29) is 0 Å². The van der Waals surface area contributed by atoms with E-state index in [0.717, 1.165) is 18.2 Å². The number of hydrogen-bond acceptors (Lipinski definition) is 5. The van der Waals surface area contributed by atoms with E-state index < -0.39 is 0 Å². The van der Waals surface area contributed by atoms with E-state index in [9.17, 15) is 0 Å². The van der Waals surface area contributed by atoms with Crippen molar-refractivity contribution in [2.24, 2.45) is 5.92 Å². The van der Waals surface area contributed by atoms with E-state index in [1.165, 1.54) is 25.7 Å². The van der Waals surface area contributed by atoms with Crippen LogP contribution in [0.15, 0.2) is 0 Å². The average Bonchev–Trinajstić information content (AvgIpc) is 2.84. The minimum absolute atomic E-state index is 0.465. The quantitative estimate of drug-likeness (QED) is 0.713. The standard InChI is InChI=1S/C14H27N3OS/c1-5-7-8-12(6-2)10-18-14-17-16-13(19-14)9-15-11(3)4/h11-12,15H,5-10H2,1-4H3. The fourth-order valence-electron chi connectivity index (χ4n) is 1.75. The minimum atomic E-state index is 0.465. The summed E-state index contributed by atoms with van der Waals surface area (Å²) in [5.74, 6) is 0.640. The highest BCUT2D eigenvalue weighted by Gasteiger charge is 2.10. The van der Waals surface area contributed by atoms with E-state index in [1.807, 2.05) is 0 Å². The zero-order valence-electron chi connectivity index (χ0n) is 12.6. The van der Waals surface area contributed by atoms with Gasteiger partial charge in [0, 0.05) is 6.04 Å². The van der Waals surface area contributed by atoms with Crippen LogP contribution in [0.3, 0.4) is 0 Å². The Kier molecular flexibility index (Phi) is 7.98. The lowest BCUT2D eigenvalue weighted by Crippen LogP contribution is -2.21. The number of unbranched alkanes of at least 4 members (excludes halogenated alkanes) is 1. The molecule has 5 heteroatoms. The Morgan fingerprint density at radius 1 is 1.26 bits per heavy atom. The summed E-state index contributed by atoms with van der Waals surface area (Å²) in [7, 11) is 0. The molecular weight excluding hydrogens is 258 g/mol. The van der Waals surface area contributed by atoms with Crippen LogP contribution in [0.5, 0.6) is 5.19 Å². The molecule has 1 aromatic heterocycles. The third kappa shape index (κ3) is 6.87. The topological polar surface area (TPSA) is 47.0 Å². The highest BCUT2D eigenvalue weighted by molar-refractivity contribution is 7.13. The number of nitrogens with zero attached hydrogens (tertiary/aromatic N) is 2. The van der Waals surface area contributed by atoms with E-state index in [1.54, 1.807) is 11.3 Å². The monoisotopic (exact) mass is 285 g/mol. The number of ether oxygens (including phenoxy) is 1. The molecule has 1 aromatic rings. The van der Waals surface area contributed by atoms with Crippen molar-refractivity contribution >= 4 is 11.3 Å².